The fourth-order valence-corrected chi connectivity index (χ4v) is 1.06. The van der Waals surface area contributed by atoms with Crippen LogP contribution >= 0.6 is 111 Å². The first kappa shape index (κ1) is 28.9. The molecule has 0 atom stereocenters. The Morgan fingerprint density at radius 3 is 0.684 bits per heavy atom. The van der Waals surface area contributed by atoms with Crippen LogP contribution in [-0.4, -0.2) is 17.3 Å². The Morgan fingerprint density at radius 1 is 0.579 bits per heavy atom. The van der Waals surface area contributed by atoms with E-state index in [4.69, 9.17) is 0 Å². The number of rotatable bonds is 0. The average Bonchev–Trinajstić information content (AvgIpc) is 2.26. The number of hydrogen-bond acceptors (Lipinski definition) is 0. The van der Waals surface area contributed by atoms with Gasteiger partial charge in [-0.25, -0.2) is 0 Å². The number of halogens is 8. The molecule has 0 saturated carbocycles. The maximum atomic E-state index is 3.24. The van der Waals surface area contributed by atoms with Gasteiger partial charge in [0.1, 0.15) is 0 Å². The summed E-state index contributed by atoms with van der Waals surface area (Å²) in [6.07, 6.45) is 0. The van der Waals surface area contributed by atoms with Crippen LogP contribution in [0.5, 0.6) is 0 Å². The first-order valence-electron chi connectivity index (χ1n) is 4.69. The normalized spacial score (nSPS) is 11.8. The van der Waals surface area contributed by atoms with Crippen molar-refractivity contribution in [2.75, 3.05) is 0 Å². The molecule has 0 radical (unpaired) electrons. The summed E-state index contributed by atoms with van der Waals surface area (Å²) in [5.41, 5.74) is 5.95. The van der Waals surface area contributed by atoms with Crippen molar-refractivity contribution in [3.63, 3.8) is 0 Å². The molecule has 0 N–H and O–H groups in total. The molecule has 1 aliphatic rings. The summed E-state index contributed by atoms with van der Waals surface area (Å²) >= 11 is 26.0. The SMILES string of the molecule is CC1=C(C)C(C)=C1C.[Br][Al]([Br])[Br].[Br][Al]([Br])[Br].[Br][Ti][Br]. The van der Waals surface area contributed by atoms with E-state index in [1.165, 1.54) is 22.3 Å². The molecule has 0 bridgehead atoms. The van der Waals surface area contributed by atoms with Gasteiger partial charge in [0.05, 0.1) is 0 Å². The molecule has 0 aromatic heterocycles. The molecular weight excluding hydrogens is 837 g/mol. The first-order chi connectivity index (χ1) is 8.52. The second kappa shape index (κ2) is 19.4. The summed E-state index contributed by atoms with van der Waals surface area (Å²) in [5, 5.41) is 0. The monoisotopic (exact) mass is 841 g/mol. The standard InChI is InChI=1S/C8H12.2Al.8BrH.Ti/c1-5-6(2)8(4)7(5)3;;;;;;;;;;;/h1-4H3;;;8*1H;/q;2*+3;;;;;;;;;+2/p-8. The fraction of sp³-hybridized carbons (Fsp3) is 0.500. The summed E-state index contributed by atoms with van der Waals surface area (Å²) in [7, 11) is -1.40. The summed E-state index contributed by atoms with van der Waals surface area (Å²) in [6.45, 7) is 8.71. The minimum absolute atomic E-state index is 0.125. The topological polar surface area (TPSA) is 0 Å². The predicted octanol–water partition coefficient (Wildman–Crippen LogP) is 8.67. The number of allylic oxidation sites excluding steroid dienone is 4. The molecule has 0 nitrogen and oxygen atoms in total. The molecule has 0 amide bonds. The second-order valence-corrected chi connectivity index (χ2v) is 50.5. The van der Waals surface area contributed by atoms with Crippen LogP contribution in [0, 0.1) is 0 Å². The third-order valence-electron chi connectivity index (χ3n) is 2.25. The third kappa shape index (κ3) is 23.1. The van der Waals surface area contributed by atoms with Crippen molar-refractivity contribution in [3.05, 3.63) is 22.3 Å². The minimum atomic E-state index is -0.701. The van der Waals surface area contributed by atoms with Gasteiger partial charge in [-0.1, -0.05) is 0 Å². The summed E-state index contributed by atoms with van der Waals surface area (Å²) in [6, 6.07) is 0. The molecule has 0 aromatic rings. The second-order valence-electron chi connectivity index (χ2n) is 3.07. The Kier molecular flexibility index (Phi) is 29.5. The van der Waals surface area contributed by atoms with E-state index in [0.29, 0.717) is 0 Å². The maximum absolute atomic E-state index is 3.24. The van der Waals surface area contributed by atoms with E-state index in [1.807, 2.05) is 0 Å². The zero-order valence-electron chi connectivity index (χ0n) is 10.7. The van der Waals surface area contributed by atoms with Gasteiger partial charge < -0.3 is 0 Å². The van der Waals surface area contributed by atoms with Crippen LogP contribution < -0.4 is 0 Å². The summed E-state index contributed by atoms with van der Waals surface area (Å²) in [5.74, 6) is 0. The van der Waals surface area contributed by atoms with Crippen molar-refractivity contribution in [2.24, 2.45) is 0 Å². The predicted molar refractivity (Wildman–Crippen MR) is 120 cm³/mol. The molecule has 0 aromatic carbocycles. The van der Waals surface area contributed by atoms with Gasteiger partial charge in [0, 0.05) is 0 Å². The zero-order valence-corrected chi connectivity index (χ0v) is 27.2. The van der Waals surface area contributed by atoms with E-state index in [9.17, 15) is 0 Å². The van der Waals surface area contributed by atoms with Crippen molar-refractivity contribution < 1.29 is 15.0 Å². The molecule has 0 unspecified atom stereocenters. The van der Waals surface area contributed by atoms with Crippen LogP contribution in [0.3, 0.4) is 0 Å². The third-order valence-corrected chi connectivity index (χ3v) is 2.25. The van der Waals surface area contributed by atoms with Gasteiger partial charge in [-0.05, 0) is 50.0 Å². The molecule has 0 aliphatic heterocycles. The molecule has 1 rings (SSSR count). The van der Waals surface area contributed by atoms with Gasteiger partial charge in [-0.2, -0.15) is 84.3 Å². The van der Waals surface area contributed by atoms with Crippen LogP contribution in [-0.2, 0) is 15.0 Å². The van der Waals surface area contributed by atoms with Gasteiger partial charge in [-0.3, -0.25) is 0 Å². The van der Waals surface area contributed by atoms with E-state index >= 15 is 0 Å². The molecule has 0 heterocycles. The quantitative estimate of drug-likeness (QED) is 0.214. The van der Waals surface area contributed by atoms with E-state index < -0.39 is 17.3 Å². The van der Waals surface area contributed by atoms with Crippen LogP contribution in [0.1, 0.15) is 27.7 Å². The molecule has 0 fully saturated rings. The van der Waals surface area contributed by atoms with Crippen molar-refractivity contribution in [1.82, 2.24) is 0 Å². The molecule has 19 heavy (non-hydrogen) atoms. The van der Waals surface area contributed by atoms with Crippen molar-refractivity contribution in [2.45, 2.75) is 27.7 Å². The fourth-order valence-electron chi connectivity index (χ4n) is 1.06. The molecule has 0 saturated heterocycles. The Balaban J connectivity index is -0.000000200. The van der Waals surface area contributed by atoms with Crippen LogP contribution in [0.15, 0.2) is 22.3 Å². The molecule has 1 aliphatic carbocycles. The van der Waals surface area contributed by atoms with Gasteiger partial charge in [0.25, 0.3) is 0 Å². The van der Waals surface area contributed by atoms with Crippen LogP contribution in [0.25, 0.3) is 0 Å². The van der Waals surface area contributed by atoms with Crippen LogP contribution in [0.2, 0.25) is 0 Å². The van der Waals surface area contributed by atoms with Crippen molar-refractivity contribution in [1.29, 1.82) is 0 Å². The van der Waals surface area contributed by atoms with E-state index in [2.05, 4.69) is 138 Å². The number of hydrogen-bond donors (Lipinski definition) is 0. The molecule has 0 spiro atoms. The van der Waals surface area contributed by atoms with Crippen molar-refractivity contribution >= 4 is 128 Å². The van der Waals surface area contributed by atoms with Gasteiger partial charge in [0.15, 0.2) is 0 Å². The Bertz CT molecular complexity index is 228. The van der Waals surface area contributed by atoms with Gasteiger partial charge in [-0.15, -0.1) is 0 Å². The zero-order chi connectivity index (χ0) is 16.2. The van der Waals surface area contributed by atoms with Gasteiger partial charge >= 0.3 is 58.6 Å². The Labute approximate surface area is 188 Å². The summed E-state index contributed by atoms with van der Waals surface area (Å²) < 4.78 is 0. The molecular formula is C8H12Al2Br8Ti. The van der Waals surface area contributed by atoms with Crippen molar-refractivity contribution in [3.8, 4) is 0 Å². The van der Waals surface area contributed by atoms with Gasteiger partial charge in [0.2, 0.25) is 0 Å². The average molecular weight is 849 g/mol. The van der Waals surface area contributed by atoms with E-state index in [1.54, 1.807) is 0 Å². The van der Waals surface area contributed by atoms with E-state index in [0.717, 1.165) is 0 Å². The first-order valence-corrected chi connectivity index (χ1v) is 31.5. The Morgan fingerprint density at radius 2 is 0.632 bits per heavy atom. The Hall–Kier alpha value is 5.10. The van der Waals surface area contributed by atoms with Crippen LogP contribution in [0.4, 0.5) is 0 Å². The molecule has 110 valence electrons. The summed E-state index contributed by atoms with van der Waals surface area (Å²) in [4.78, 5) is 0. The molecule has 11 heteroatoms. The van der Waals surface area contributed by atoms with E-state index in [-0.39, 0.29) is 15.0 Å².